The van der Waals surface area contributed by atoms with Gasteiger partial charge in [0.2, 0.25) is 5.91 Å². The summed E-state index contributed by atoms with van der Waals surface area (Å²) < 4.78 is 43.4. The number of halogens is 3. The van der Waals surface area contributed by atoms with Crippen LogP contribution in [-0.4, -0.2) is 79.8 Å². The van der Waals surface area contributed by atoms with E-state index in [9.17, 15) is 27.6 Å². The van der Waals surface area contributed by atoms with E-state index in [0.29, 0.717) is 22.7 Å². The predicted octanol–water partition coefficient (Wildman–Crippen LogP) is 2.53. The number of imide groups is 1. The average molecular weight is 542 g/mol. The molecule has 0 aliphatic carbocycles. The maximum atomic E-state index is 13.3. The number of fused-ring (bicyclic) bond motifs is 1. The van der Waals surface area contributed by atoms with Gasteiger partial charge >= 0.3 is 12.2 Å². The van der Waals surface area contributed by atoms with Crippen LogP contribution in [0.5, 0.6) is 0 Å². The highest BCUT2D eigenvalue weighted by Crippen LogP contribution is 2.29. The lowest BCUT2D eigenvalue weighted by atomic mass is 10.1. The van der Waals surface area contributed by atoms with E-state index in [0.717, 1.165) is 17.2 Å². The number of nitrogens with zero attached hydrogens (tertiary/aromatic N) is 7. The molecule has 0 bridgehead atoms. The summed E-state index contributed by atoms with van der Waals surface area (Å²) in [5.74, 6) is -0.384. The normalized spacial score (nSPS) is 19.1. The maximum absolute atomic E-state index is 13.3. The molecule has 2 unspecified atom stereocenters. The monoisotopic (exact) mass is 542 g/mol. The molecular formula is C24H21F3N8O4. The molecule has 0 aromatic carbocycles. The van der Waals surface area contributed by atoms with Gasteiger partial charge in [-0.15, -0.1) is 0 Å². The Morgan fingerprint density at radius 1 is 1.18 bits per heavy atom. The number of alkyl halides is 3. The third-order valence-electron chi connectivity index (χ3n) is 6.15. The Morgan fingerprint density at radius 3 is 2.64 bits per heavy atom. The fourth-order valence-electron chi connectivity index (χ4n) is 4.28. The topological polar surface area (TPSA) is 137 Å². The van der Waals surface area contributed by atoms with E-state index in [1.807, 2.05) is 0 Å². The van der Waals surface area contributed by atoms with Gasteiger partial charge in [-0.05, 0) is 31.2 Å². The lowest BCUT2D eigenvalue weighted by molar-refractivity contribution is -0.141. The van der Waals surface area contributed by atoms with E-state index in [1.165, 1.54) is 35.3 Å². The molecule has 1 N–H and O–H groups in total. The van der Waals surface area contributed by atoms with Gasteiger partial charge < -0.3 is 19.6 Å². The lowest BCUT2D eigenvalue weighted by Crippen LogP contribution is -2.64. The molecule has 5 rings (SSSR count). The number of aromatic nitrogens is 3. The van der Waals surface area contributed by atoms with Gasteiger partial charge in [-0.3, -0.25) is 19.5 Å². The van der Waals surface area contributed by atoms with E-state index in [1.54, 1.807) is 25.1 Å². The van der Waals surface area contributed by atoms with Crippen LogP contribution >= 0.6 is 0 Å². The van der Waals surface area contributed by atoms with Crippen LogP contribution in [0, 0.1) is 6.92 Å². The first-order valence-corrected chi connectivity index (χ1v) is 11.6. The van der Waals surface area contributed by atoms with Crippen LogP contribution in [0.15, 0.2) is 52.1 Å². The Labute approximate surface area is 219 Å². The third-order valence-corrected chi connectivity index (χ3v) is 6.15. The summed E-state index contributed by atoms with van der Waals surface area (Å²) in [5.41, 5.74) is 0.00809. The molecule has 39 heavy (non-hydrogen) atoms. The van der Waals surface area contributed by atoms with Crippen molar-refractivity contribution >= 4 is 30.0 Å². The van der Waals surface area contributed by atoms with Gasteiger partial charge in [0.1, 0.15) is 23.0 Å². The largest absolute Gasteiger partial charge is 0.433 e. The Balaban J connectivity index is 1.27. The Kier molecular flexibility index (Phi) is 6.49. The van der Waals surface area contributed by atoms with Crippen LogP contribution < -0.4 is 5.32 Å². The first-order valence-electron chi connectivity index (χ1n) is 11.6. The predicted molar refractivity (Wildman–Crippen MR) is 129 cm³/mol. The number of likely N-dealkylation sites (N-methyl/N-ethyl adjacent to an activating group) is 1. The summed E-state index contributed by atoms with van der Waals surface area (Å²) in [6.45, 7) is 1.32. The first-order chi connectivity index (χ1) is 18.5. The molecule has 5 heterocycles. The smallest absolute Gasteiger partial charge is 0.361 e. The number of carbonyl (C=O) groups is 3. The molecule has 0 radical (unpaired) electrons. The van der Waals surface area contributed by atoms with E-state index in [2.05, 4.69) is 25.4 Å². The van der Waals surface area contributed by atoms with Crippen molar-refractivity contribution in [3.8, 4) is 11.3 Å². The average Bonchev–Trinajstić information content (AvgIpc) is 3.51. The van der Waals surface area contributed by atoms with E-state index < -0.39 is 41.9 Å². The molecule has 3 aromatic heterocycles. The number of urea groups is 1. The summed E-state index contributed by atoms with van der Waals surface area (Å²) in [6.07, 6.45) is -2.97. The molecule has 2 aliphatic rings. The molecule has 202 valence electrons. The van der Waals surface area contributed by atoms with E-state index >= 15 is 0 Å². The van der Waals surface area contributed by atoms with Gasteiger partial charge in [0.25, 0.3) is 5.91 Å². The highest BCUT2D eigenvalue weighted by molar-refractivity contribution is 6.03. The SMILES string of the molecule is Cc1cc(CN2C(=O)C3C(N=CN3CC(=O)Nc3cccc(-c4ccc(C(F)(F)F)nc4)n3)N(C)C2=O)no1. The number of aliphatic imine (C=N–C) groups is 1. The Bertz CT molecular complexity index is 1460. The second kappa shape index (κ2) is 9.81. The van der Waals surface area contributed by atoms with Crippen LogP contribution in [0.25, 0.3) is 11.3 Å². The van der Waals surface area contributed by atoms with Crippen molar-refractivity contribution < 1.29 is 32.1 Å². The summed E-state index contributed by atoms with van der Waals surface area (Å²) in [7, 11) is 1.51. The van der Waals surface area contributed by atoms with Crippen molar-refractivity contribution in [2.75, 3.05) is 18.9 Å². The number of anilines is 1. The number of hydrogen-bond donors (Lipinski definition) is 1. The Morgan fingerprint density at radius 2 is 1.97 bits per heavy atom. The zero-order chi connectivity index (χ0) is 27.9. The summed E-state index contributed by atoms with van der Waals surface area (Å²) in [5, 5.41) is 6.46. The summed E-state index contributed by atoms with van der Waals surface area (Å²) in [6, 6.07) is 6.89. The van der Waals surface area contributed by atoms with Gasteiger partial charge in [-0.2, -0.15) is 13.2 Å². The number of aryl methyl sites for hydroxylation is 1. The molecule has 2 atom stereocenters. The zero-order valence-electron chi connectivity index (χ0n) is 20.6. The van der Waals surface area contributed by atoms with Crippen LogP contribution in [0.4, 0.5) is 23.8 Å². The number of hydrogen-bond acceptors (Lipinski definition) is 9. The van der Waals surface area contributed by atoms with E-state index in [4.69, 9.17) is 4.52 Å². The molecular weight excluding hydrogens is 521 g/mol. The molecule has 0 spiro atoms. The number of amides is 4. The number of pyridine rings is 2. The minimum Gasteiger partial charge on any atom is -0.361 e. The van der Waals surface area contributed by atoms with Crippen LogP contribution in [0.2, 0.25) is 0 Å². The first kappa shape index (κ1) is 25.8. The fourth-order valence-corrected chi connectivity index (χ4v) is 4.28. The van der Waals surface area contributed by atoms with Gasteiger partial charge in [0.15, 0.2) is 12.2 Å². The van der Waals surface area contributed by atoms with Crippen molar-refractivity contribution in [3.63, 3.8) is 0 Å². The van der Waals surface area contributed by atoms with Crippen LogP contribution in [0.3, 0.4) is 0 Å². The Hall–Kier alpha value is -4.82. The van der Waals surface area contributed by atoms with Crippen molar-refractivity contribution in [1.29, 1.82) is 0 Å². The molecule has 4 amide bonds. The minimum atomic E-state index is -4.56. The molecule has 12 nitrogen and oxygen atoms in total. The number of carbonyl (C=O) groups excluding carboxylic acids is 3. The van der Waals surface area contributed by atoms with Gasteiger partial charge in [0, 0.05) is 24.9 Å². The molecule has 1 saturated heterocycles. The summed E-state index contributed by atoms with van der Waals surface area (Å²) in [4.78, 5) is 54.7. The second-order valence-corrected chi connectivity index (χ2v) is 8.93. The van der Waals surface area contributed by atoms with Gasteiger partial charge in [0.05, 0.1) is 25.1 Å². The van der Waals surface area contributed by atoms with Crippen molar-refractivity contribution in [1.82, 2.24) is 29.8 Å². The number of nitrogens with one attached hydrogen (secondary N) is 1. The quantitative estimate of drug-likeness (QED) is 0.502. The van der Waals surface area contributed by atoms with Crippen molar-refractivity contribution in [3.05, 3.63) is 59.7 Å². The van der Waals surface area contributed by atoms with Crippen molar-refractivity contribution in [2.45, 2.75) is 31.9 Å². The molecule has 0 saturated carbocycles. The molecule has 1 fully saturated rings. The maximum Gasteiger partial charge on any atom is 0.433 e. The highest BCUT2D eigenvalue weighted by Gasteiger charge is 2.50. The standard InChI is InChI=1S/C24H21F3N8O4/c1-13-8-15(32-39-13)10-35-22(37)20-21(33(2)23(35)38)29-12-34(20)11-19(36)31-18-5-3-4-16(30-18)14-6-7-17(28-9-14)24(25,26)27/h3-9,12,20-21H,10-11H2,1-2H3,(H,30,31,36). The third kappa shape index (κ3) is 5.15. The van der Waals surface area contributed by atoms with Crippen LogP contribution in [0.1, 0.15) is 17.1 Å². The molecule has 15 heteroatoms. The van der Waals surface area contributed by atoms with Gasteiger partial charge in [-0.25, -0.2) is 14.8 Å². The lowest BCUT2D eigenvalue weighted by Gasteiger charge is -2.40. The van der Waals surface area contributed by atoms with Crippen LogP contribution in [-0.2, 0) is 22.3 Å². The second-order valence-electron chi connectivity index (χ2n) is 8.93. The van der Waals surface area contributed by atoms with Crippen molar-refractivity contribution in [2.24, 2.45) is 4.99 Å². The molecule has 3 aromatic rings. The van der Waals surface area contributed by atoms with E-state index in [-0.39, 0.29) is 18.9 Å². The minimum absolute atomic E-state index is 0.0991. The molecule has 2 aliphatic heterocycles. The summed E-state index contributed by atoms with van der Waals surface area (Å²) >= 11 is 0. The highest BCUT2D eigenvalue weighted by atomic mass is 19.4. The van der Waals surface area contributed by atoms with Gasteiger partial charge in [-0.1, -0.05) is 11.2 Å². The zero-order valence-corrected chi connectivity index (χ0v) is 20.6. The number of rotatable bonds is 6. The fraction of sp³-hybridized carbons (Fsp3) is 0.292.